The summed E-state index contributed by atoms with van der Waals surface area (Å²) in [4.78, 5) is 25.6. The van der Waals surface area contributed by atoms with E-state index in [-0.39, 0.29) is 17.2 Å². The van der Waals surface area contributed by atoms with Gasteiger partial charge in [0, 0.05) is 11.6 Å². The number of aromatic nitrogens is 4. The molecule has 32 heavy (non-hydrogen) atoms. The molecule has 0 saturated heterocycles. The number of rotatable bonds is 8. The second-order valence-electron chi connectivity index (χ2n) is 7.57. The lowest BCUT2D eigenvalue weighted by molar-refractivity contribution is -0.113. The van der Waals surface area contributed by atoms with E-state index < -0.39 is 0 Å². The van der Waals surface area contributed by atoms with Crippen LogP contribution < -0.4 is 15.6 Å². The molecule has 0 bridgehead atoms. The highest BCUT2D eigenvalue weighted by molar-refractivity contribution is 7.99. The maximum atomic E-state index is 13.0. The van der Waals surface area contributed by atoms with Crippen LogP contribution in [0.1, 0.15) is 20.3 Å². The van der Waals surface area contributed by atoms with Crippen molar-refractivity contribution in [3.8, 4) is 5.75 Å². The van der Waals surface area contributed by atoms with Crippen LogP contribution in [-0.4, -0.2) is 37.9 Å². The lowest BCUT2D eigenvalue weighted by Crippen LogP contribution is -2.23. The highest BCUT2D eigenvalue weighted by Gasteiger charge is 2.19. The van der Waals surface area contributed by atoms with Gasteiger partial charge in [0.05, 0.1) is 24.1 Å². The average Bonchev–Trinajstić information content (AvgIpc) is 3.39. The fraction of sp³-hybridized carbons (Fsp3) is 0.333. The standard InChI is InChI=1S/C21H22ClN5O3S2/c1-12(2)6-8-26-19(29)18-15(7-9-31-18)27-20(26)24-25-21(27)32-11-17(28)23-14-10-13(22)4-5-16(14)30-3/h4-5,7,9-10,12H,6,8,11H2,1-3H3,(H,23,28). The van der Waals surface area contributed by atoms with Gasteiger partial charge in [0.15, 0.2) is 5.16 Å². The number of hydrogen-bond acceptors (Lipinski definition) is 7. The van der Waals surface area contributed by atoms with Crippen molar-refractivity contribution in [3.63, 3.8) is 0 Å². The van der Waals surface area contributed by atoms with Gasteiger partial charge in [-0.15, -0.1) is 21.5 Å². The van der Waals surface area contributed by atoms with Crippen molar-refractivity contribution in [3.05, 3.63) is 45.0 Å². The summed E-state index contributed by atoms with van der Waals surface area (Å²) in [6, 6.07) is 6.90. The summed E-state index contributed by atoms with van der Waals surface area (Å²) in [5.74, 6) is 1.33. The van der Waals surface area contributed by atoms with Crippen LogP contribution in [0.3, 0.4) is 0 Å². The number of nitrogens with one attached hydrogen (secondary N) is 1. The summed E-state index contributed by atoms with van der Waals surface area (Å²) in [5, 5.41) is 14.3. The van der Waals surface area contributed by atoms with E-state index in [9.17, 15) is 9.59 Å². The Labute approximate surface area is 197 Å². The number of benzene rings is 1. The number of methoxy groups -OCH3 is 1. The molecule has 3 heterocycles. The third-order valence-electron chi connectivity index (χ3n) is 4.88. The highest BCUT2D eigenvalue weighted by Crippen LogP contribution is 2.29. The molecular weight excluding hydrogens is 470 g/mol. The predicted octanol–water partition coefficient (Wildman–Crippen LogP) is 4.54. The Hall–Kier alpha value is -2.56. The van der Waals surface area contributed by atoms with Gasteiger partial charge in [-0.25, -0.2) is 0 Å². The molecule has 1 N–H and O–H groups in total. The third kappa shape index (κ3) is 4.48. The van der Waals surface area contributed by atoms with E-state index in [1.807, 2.05) is 15.8 Å². The largest absolute Gasteiger partial charge is 0.495 e. The van der Waals surface area contributed by atoms with Crippen molar-refractivity contribution >= 4 is 62.3 Å². The van der Waals surface area contributed by atoms with Crippen molar-refractivity contribution in [1.82, 2.24) is 19.2 Å². The summed E-state index contributed by atoms with van der Waals surface area (Å²) in [5.41, 5.74) is 1.19. The van der Waals surface area contributed by atoms with Gasteiger partial charge in [-0.2, -0.15) is 0 Å². The van der Waals surface area contributed by atoms with Gasteiger partial charge in [0.25, 0.3) is 5.56 Å². The maximum absolute atomic E-state index is 13.0. The third-order valence-corrected chi connectivity index (χ3v) is 6.94. The lowest BCUT2D eigenvalue weighted by atomic mass is 10.1. The number of thiophene rings is 1. The molecule has 0 fully saturated rings. The number of hydrogen-bond donors (Lipinski definition) is 1. The van der Waals surface area contributed by atoms with Gasteiger partial charge in [-0.1, -0.05) is 37.2 Å². The molecule has 0 aliphatic carbocycles. The number of anilines is 1. The second-order valence-corrected chi connectivity index (χ2v) is 9.87. The van der Waals surface area contributed by atoms with Crippen LogP contribution in [0.4, 0.5) is 5.69 Å². The van der Waals surface area contributed by atoms with E-state index in [1.54, 1.807) is 22.8 Å². The minimum atomic E-state index is -0.234. The zero-order valence-electron chi connectivity index (χ0n) is 17.8. The van der Waals surface area contributed by atoms with Crippen LogP contribution >= 0.6 is 34.7 Å². The Bertz CT molecular complexity index is 1340. The minimum absolute atomic E-state index is 0.0575. The molecule has 4 rings (SSSR count). The molecule has 8 nitrogen and oxygen atoms in total. The molecule has 1 amide bonds. The quantitative estimate of drug-likeness (QED) is 0.364. The van der Waals surface area contributed by atoms with E-state index in [0.29, 0.717) is 44.6 Å². The van der Waals surface area contributed by atoms with Gasteiger partial charge in [0.1, 0.15) is 10.4 Å². The van der Waals surface area contributed by atoms with E-state index in [2.05, 4.69) is 29.4 Å². The first kappa shape index (κ1) is 22.6. The molecular formula is C21H22ClN5O3S2. The molecule has 0 atom stereocenters. The van der Waals surface area contributed by atoms with Gasteiger partial charge in [-0.3, -0.25) is 18.6 Å². The van der Waals surface area contributed by atoms with Crippen LogP contribution in [0.5, 0.6) is 5.75 Å². The number of thioether (sulfide) groups is 1. The van der Waals surface area contributed by atoms with Gasteiger partial charge in [0.2, 0.25) is 11.7 Å². The SMILES string of the molecule is COc1ccc(Cl)cc1NC(=O)CSc1nnc2n(CCC(C)C)c(=O)c3sccc3n12. The molecule has 0 saturated carbocycles. The van der Waals surface area contributed by atoms with Crippen molar-refractivity contribution in [2.24, 2.45) is 5.92 Å². The van der Waals surface area contributed by atoms with E-state index in [0.717, 1.165) is 11.9 Å². The van der Waals surface area contributed by atoms with Gasteiger partial charge < -0.3 is 10.1 Å². The second kappa shape index (κ2) is 9.51. The summed E-state index contributed by atoms with van der Waals surface area (Å²) in [6.07, 6.45) is 0.853. The van der Waals surface area contributed by atoms with Crippen molar-refractivity contribution < 1.29 is 9.53 Å². The summed E-state index contributed by atoms with van der Waals surface area (Å²) < 4.78 is 9.45. The Kier molecular flexibility index (Phi) is 6.73. The molecule has 0 aliphatic heterocycles. The summed E-state index contributed by atoms with van der Waals surface area (Å²) in [6.45, 7) is 4.79. The van der Waals surface area contributed by atoms with Crippen LogP contribution in [0.15, 0.2) is 39.6 Å². The highest BCUT2D eigenvalue weighted by atomic mass is 35.5. The first-order valence-corrected chi connectivity index (χ1v) is 12.2. The number of amides is 1. The molecule has 1 aromatic carbocycles. The van der Waals surface area contributed by atoms with Gasteiger partial charge >= 0.3 is 0 Å². The summed E-state index contributed by atoms with van der Waals surface area (Å²) in [7, 11) is 1.53. The summed E-state index contributed by atoms with van der Waals surface area (Å²) >= 11 is 8.69. The molecule has 0 unspecified atom stereocenters. The van der Waals surface area contributed by atoms with E-state index in [1.165, 1.54) is 30.2 Å². The number of carbonyl (C=O) groups is 1. The van der Waals surface area contributed by atoms with Crippen LogP contribution in [-0.2, 0) is 11.3 Å². The van der Waals surface area contributed by atoms with Crippen molar-refractivity contribution in [1.29, 1.82) is 0 Å². The first-order valence-electron chi connectivity index (χ1n) is 10.0. The maximum Gasteiger partial charge on any atom is 0.272 e. The number of fused-ring (bicyclic) bond motifs is 3. The fourth-order valence-electron chi connectivity index (χ4n) is 3.28. The molecule has 0 radical (unpaired) electrons. The smallest absolute Gasteiger partial charge is 0.272 e. The topological polar surface area (TPSA) is 90.5 Å². The van der Waals surface area contributed by atoms with Gasteiger partial charge in [-0.05, 0) is 42.0 Å². The Morgan fingerprint density at radius 2 is 2.12 bits per heavy atom. The molecule has 168 valence electrons. The number of ether oxygens (including phenoxy) is 1. The number of halogens is 1. The average molecular weight is 492 g/mol. The monoisotopic (exact) mass is 491 g/mol. The number of aryl methyl sites for hydroxylation is 1. The van der Waals surface area contributed by atoms with Crippen LogP contribution in [0, 0.1) is 5.92 Å². The Morgan fingerprint density at radius 1 is 1.31 bits per heavy atom. The first-order chi connectivity index (χ1) is 15.4. The lowest BCUT2D eigenvalue weighted by Gasteiger charge is -2.11. The molecule has 3 aromatic heterocycles. The van der Waals surface area contributed by atoms with Crippen LogP contribution in [0.25, 0.3) is 16.0 Å². The predicted molar refractivity (Wildman–Crippen MR) is 129 cm³/mol. The normalized spacial score (nSPS) is 11.5. The molecule has 0 aliphatic rings. The molecule has 11 heteroatoms. The zero-order valence-corrected chi connectivity index (χ0v) is 20.2. The van der Waals surface area contributed by atoms with E-state index in [4.69, 9.17) is 16.3 Å². The fourth-order valence-corrected chi connectivity index (χ4v) is 5.01. The number of nitrogens with zero attached hydrogens (tertiary/aromatic N) is 4. The Morgan fingerprint density at radius 3 is 2.88 bits per heavy atom. The van der Waals surface area contributed by atoms with Crippen molar-refractivity contribution in [2.45, 2.75) is 32.0 Å². The zero-order chi connectivity index (χ0) is 22.8. The molecule has 4 aromatic rings. The Balaban J connectivity index is 1.61. The number of carbonyl (C=O) groups excluding carboxylic acids is 1. The van der Waals surface area contributed by atoms with E-state index >= 15 is 0 Å². The minimum Gasteiger partial charge on any atom is -0.495 e. The van der Waals surface area contributed by atoms with Crippen molar-refractivity contribution in [2.75, 3.05) is 18.2 Å². The molecule has 0 spiro atoms. The van der Waals surface area contributed by atoms with Crippen LogP contribution in [0.2, 0.25) is 5.02 Å².